The summed E-state index contributed by atoms with van der Waals surface area (Å²) < 4.78 is 22.2. The smallest absolute Gasteiger partial charge is 0.302 e. The van der Waals surface area contributed by atoms with Crippen LogP contribution in [0.5, 0.6) is 11.5 Å². The summed E-state index contributed by atoms with van der Waals surface area (Å²) in [5, 5.41) is 0. The van der Waals surface area contributed by atoms with Gasteiger partial charge in [-0.15, -0.1) is 23.5 Å². The lowest BCUT2D eigenvalue weighted by molar-refractivity contribution is -0.141. The summed E-state index contributed by atoms with van der Waals surface area (Å²) in [5.41, 5.74) is 9.86. The van der Waals surface area contributed by atoms with E-state index in [0.717, 1.165) is 76.9 Å². The number of thioether (sulfide) groups is 2. The molecule has 0 aromatic heterocycles. The number of carbonyl (C=O) groups is 2. The maximum absolute atomic E-state index is 10.9. The van der Waals surface area contributed by atoms with E-state index in [9.17, 15) is 9.59 Å². The van der Waals surface area contributed by atoms with Crippen LogP contribution in [-0.2, 0) is 32.3 Å². The van der Waals surface area contributed by atoms with E-state index in [1.54, 1.807) is 23.5 Å². The SMILES string of the molecule is CC(=O)OCCSc1ccc(C#Cc2ccc(COc3ccc(C#Cc4ccc(COc5ccc(C#Cc6ccc(SCCOC(C)=O)cc6)cc5C)cc4)cc3)c(C)c2)cc1. The van der Waals surface area contributed by atoms with Crippen LogP contribution in [0, 0.1) is 49.4 Å². The summed E-state index contributed by atoms with van der Waals surface area (Å²) in [4.78, 5) is 24.0. The molecule has 0 aliphatic heterocycles. The molecule has 6 aromatic carbocycles. The largest absolute Gasteiger partial charge is 0.489 e. The van der Waals surface area contributed by atoms with Crippen LogP contribution in [0.2, 0.25) is 0 Å². The number of ether oxygens (including phenoxy) is 4. The van der Waals surface area contributed by atoms with Crippen LogP contribution in [0.25, 0.3) is 0 Å². The Kier molecular flexibility index (Phi) is 16.8. The van der Waals surface area contributed by atoms with Gasteiger partial charge in [0, 0.05) is 68.5 Å². The Morgan fingerprint density at radius 1 is 0.468 bits per heavy atom. The maximum atomic E-state index is 10.9. The minimum atomic E-state index is -0.257. The zero-order valence-corrected chi connectivity index (χ0v) is 36.8. The van der Waals surface area contributed by atoms with E-state index in [4.69, 9.17) is 18.9 Å². The first-order valence-electron chi connectivity index (χ1n) is 20.1. The van der Waals surface area contributed by atoms with Gasteiger partial charge in [0.15, 0.2) is 0 Å². The Bertz CT molecular complexity index is 2470. The maximum Gasteiger partial charge on any atom is 0.302 e. The molecule has 8 heteroatoms. The van der Waals surface area contributed by atoms with Crippen molar-refractivity contribution in [2.45, 2.75) is 50.7 Å². The summed E-state index contributed by atoms with van der Waals surface area (Å²) in [5.74, 6) is 22.0. The van der Waals surface area contributed by atoms with Crippen LogP contribution >= 0.6 is 23.5 Å². The number of carbonyl (C=O) groups excluding carboxylic acids is 2. The molecular weight excluding hydrogens is 809 g/mol. The van der Waals surface area contributed by atoms with Gasteiger partial charge in [-0.2, -0.15) is 0 Å². The highest BCUT2D eigenvalue weighted by atomic mass is 32.2. The molecular formula is C54H46O6S2. The molecule has 0 amide bonds. The molecule has 0 atom stereocenters. The summed E-state index contributed by atoms with van der Waals surface area (Å²) in [6, 6.07) is 44.2. The second-order valence-corrected chi connectivity index (χ2v) is 16.4. The average Bonchev–Trinajstić information content (AvgIpc) is 3.28. The fourth-order valence-electron chi connectivity index (χ4n) is 5.86. The minimum Gasteiger partial charge on any atom is -0.489 e. The lowest BCUT2D eigenvalue weighted by Gasteiger charge is -2.09. The first-order chi connectivity index (χ1) is 30.1. The van der Waals surface area contributed by atoms with Gasteiger partial charge in [0.1, 0.15) is 37.9 Å². The Morgan fingerprint density at radius 3 is 1.35 bits per heavy atom. The molecule has 0 fully saturated rings. The Morgan fingerprint density at radius 2 is 0.887 bits per heavy atom. The monoisotopic (exact) mass is 854 g/mol. The molecule has 0 aliphatic carbocycles. The Hall–Kier alpha value is -6.76. The van der Waals surface area contributed by atoms with E-state index in [1.165, 1.54) is 13.8 Å². The van der Waals surface area contributed by atoms with Crippen molar-refractivity contribution in [1.82, 2.24) is 0 Å². The van der Waals surface area contributed by atoms with Gasteiger partial charge in [0.25, 0.3) is 0 Å². The third-order valence-electron chi connectivity index (χ3n) is 9.19. The van der Waals surface area contributed by atoms with Crippen LogP contribution in [0.3, 0.4) is 0 Å². The number of rotatable bonds is 14. The summed E-state index contributed by atoms with van der Waals surface area (Å²) in [7, 11) is 0. The van der Waals surface area contributed by atoms with Crippen LogP contribution in [-0.4, -0.2) is 36.7 Å². The lowest BCUT2D eigenvalue weighted by atomic mass is 10.1. The molecule has 0 unspecified atom stereocenters. The molecule has 0 radical (unpaired) electrons. The van der Waals surface area contributed by atoms with E-state index in [2.05, 4.69) is 54.6 Å². The van der Waals surface area contributed by atoms with Crippen molar-refractivity contribution < 1.29 is 28.5 Å². The van der Waals surface area contributed by atoms with Gasteiger partial charge >= 0.3 is 11.9 Å². The molecule has 0 spiro atoms. The van der Waals surface area contributed by atoms with Crippen molar-refractivity contribution in [2.24, 2.45) is 0 Å². The minimum absolute atomic E-state index is 0.256. The van der Waals surface area contributed by atoms with Gasteiger partial charge in [-0.05, 0) is 151 Å². The van der Waals surface area contributed by atoms with Crippen molar-refractivity contribution in [3.63, 3.8) is 0 Å². The molecule has 0 saturated carbocycles. The first kappa shape index (κ1) is 44.8. The molecule has 6 rings (SSSR count). The molecule has 0 bridgehead atoms. The van der Waals surface area contributed by atoms with E-state index in [1.807, 2.05) is 128 Å². The van der Waals surface area contributed by atoms with Crippen molar-refractivity contribution in [2.75, 3.05) is 24.7 Å². The number of hydrogen-bond donors (Lipinski definition) is 0. The van der Waals surface area contributed by atoms with Crippen molar-refractivity contribution in [3.05, 3.63) is 189 Å². The van der Waals surface area contributed by atoms with Crippen molar-refractivity contribution in [1.29, 1.82) is 0 Å². The first-order valence-corrected chi connectivity index (χ1v) is 22.1. The summed E-state index contributed by atoms with van der Waals surface area (Å²) >= 11 is 3.28. The molecule has 62 heavy (non-hydrogen) atoms. The highest BCUT2D eigenvalue weighted by molar-refractivity contribution is 7.99. The summed E-state index contributed by atoms with van der Waals surface area (Å²) in [6.07, 6.45) is 0. The van der Waals surface area contributed by atoms with Crippen LogP contribution in [0.4, 0.5) is 0 Å². The van der Waals surface area contributed by atoms with Crippen molar-refractivity contribution >= 4 is 35.5 Å². The van der Waals surface area contributed by atoms with Gasteiger partial charge in [0.05, 0.1) is 0 Å². The third-order valence-corrected chi connectivity index (χ3v) is 11.1. The number of benzene rings is 6. The molecule has 6 nitrogen and oxygen atoms in total. The molecule has 0 saturated heterocycles. The number of hydrogen-bond acceptors (Lipinski definition) is 8. The predicted molar refractivity (Wildman–Crippen MR) is 249 cm³/mol. The molecule has 6 aromatic rings. The van der Waals surface area contributed by atoms with Gasteiger partial charge in [-0.25, -0.2) is 0 Å². The van der Waals surface area contributed by atoms with E-state index in [0.29, 0.717) is 37.9 Å². The molecule has 0 aliphatic rings. The van der Waals surface area contributed by atoms with Crippen molar-refractivity contribution in [3.8, 4) is 47.0 Å². The quantitative estimate of drug-likeness (QED) is 0.0464. The predicted octanol–water partition coefficient (Wildman–Crippen LogP) is 11.0. The average molecular weight is 855 g/mol. The van der Waals surface area contributed by atoms with E-state index in [-0.39, 0.29) is 11.9 Å². The van der Waals surface area contributed by atoms with Gasteiger partial charge < -0.3 is 18.9 Å². The fraction of sp³-hybridized carbons (Fsp3) is 0.185. The molecule has 0 heterocycles. The Balaban J connectivity index is 0.925. The van der Waals surface area contributed by atoms with Crippen LogP contribution in [0.1, 0.15) is 69.5 Å². The zero-order chi connectivity index (χ0) is 43.5. The Labute approximate surface area is 373 Å². The summed E-state index contributed by atoms with van der Waals surface area (Å²) in [6.45, 7) is 8.64. The second-order valence-electron chi connectivity index (χ2n) is 14.1. The highest BCUT2D eigenvalue weighted by Crippen LogP contribution is 2.23. The van der Waals surface area contributed by atoms with Gasteiger partial charge in [-0.1, -0.05) is 53.7 Å². The van der Waals surface area contributed by atoms with Gasteiger partial charge in [-0.3, -0.25) is 9.59 Å². The zero-order valence-electron chi connectivity index (χ0n) is 35.2. The van der Waals surface area contributed by atoms with E-state index < -0.39 is 0 Å². The number of esters is 2. The number of aryl methyl sites for hydroxylation is 2. The highest BCUT2D eigenvalue weighted by Gasteiger charge is 2.05. The second kappa shape index (κ2) is 23.3. The topological polar surface area (TPSA) is 71.1 Å². The molecule has 0 N–H and O–H groups in total. The third kappa shape index (κ3) is 15.1. The van der Waals surface area contributed by atoms with Gasteiger partial charge in [0.2, 0.25) is 0 Å². The normalized spacial score (nSPS) is 10.2. The van der Waals surface area contributed by atoms with E-state index >= 15 is 0 Å². The standard InChI is InChI=1S/C54H46O6S2/c1-39-35-47(11-7-45-18-26-52(27-19-45)61-33-31-57-41(3)55)15-23-50(39)38-59-51-24-16-44(17-25-51)6-5-43-9-13-49(14-10-43)37-60-54-30-22-48(36-40(54)2)12-8-46-20-28-53(29-21-46)62-34-32-58-42(4)56/h9-10,13-30,35-36H,31-34,37-38H2,1-4H3. The van der Waals surface area contributed by atoms with Crippen LogP contribution in [0.15, 0.2) is 143 Å². The fourth-order valence-corrected chi connectivity index (χ4v) is 7.32. The van der Waals surface area contributed by atoms with Crippen LogP contribution < -0.4 is 9.47 Å². The molecule has 310 valence electrons. The lowest BCUT2D eigenvalue weighted by Crippen LogP contribution is -2.02.